The molecule has 0 saturated carbocycles. The van der Waals surface area contributed by atoms with Crippen LogP contribution >= 0.6 is 0 Å². The van der Waals surface area contributed by atoms with Gasteiger partial charge in [0.15, 0.2) is 5.52 Å². The zero-order valence-corrected chi connectivity index (χ0v) is 17.1. The molecule has 8 nitrogen and oxygen atoms in total. The third-order valence-corrected chi connectivity index (χ3v) is 4.72. The predicted octanol–water partition coefficient (Wildman–Crippen LogP) is 2.82. The van der Waals surface area contributed by atoms with Gasteiger partial charge in [0.2, 0.25) is 5.91 Å². The van der Waals surface area contributed by atoms with Crippen LogP contribution in [0.2, 0.25) is 0 Å². The number of halogens is 1. The maximum atomic E-state index is 13.2. The second-order valence-electron chi connectivity index (χ2n) is 8.17. The van der Waals surface area contributed by atoms with E-state index in [1.165, 1.54) is 16.7 Å². The van der Waals surface area contributed by atoms with Crippen molar-refractivity contribution in [2.24, 2.45) is 0 Å². The van der Waals surface area contributed by atoms with Crippen molar-refractivity contribution in [2.75, 3.05) is 5.32 Å². The quantitative estimate of drug-likeness (QED) is 0.563. The monoisotopic (exact) mass is 408 g/mol. The summed E-state index contributed by atoms with van der Waals surface area (Å²) in [4.78, 5) is 34.0. The largest absolute Gasteiger partial charge is 0.309 e. The van der Waals surface area contributed by atoms with Gasteiger partial charge in [0.25, 0.3) is 5.56 Å². The number of rotatable bonds is 3. The maximum Gasteiger partial charge on any atom is 0.280 e. The predicted molar refractivity (Wildman–Crippen MR) is 111 cm³/mol. The van der Waals surface area contributed by atoms with Crippen LogP contribution in [0.1, 0.15) is 32.2 Å². The lowest BCUT2D eigenvalue weighted by molar-refractivity contribution is -0.116. The van der Waals surface area contributed by atoms with Crippen LogP contribution in [0, 0.1) is 12.7 Å². The number of aryl methyl sites for hydroxylation is 1. The van der Waals surface area contributed by atoms with Crippen LogP contribution in [-0.4, -0.2) is 30.1 Å². The van der Waals surface area contributed by atoms with Gasteiger partial charge in [0.05, 0.1) is 17.4 Å². The number of pyridine rings is 2. The van der Waals surface area contributed by atoms with Crippen molar-refractivity contribution in [3.8, 4) is 0 Å². The molecule has 1 amide bonds. The van der Waals surface area contributed by atoms with Gasteiger partial charge in [-0.3, -0.25) is 14.2 Å². The molecule has 0 aliphatic heterocycles. The molecule has 0 fully saturated rings. The minimum absolute atomic E-state index is 0.198. The molecule has 0 radical (unpaired) electrons. The number of fused-ring (bicyclic) bond motifs is 3. The Bertz CT molecular complexity index is 1330. The number of hydrogen-bond acceptors (Lipinski definition) is 5. The van der Waals surface area contributed by atoms with Gasteiger partial charge in [-0.05, 0) is 31.2 Å². The summed E-state index contributed by atoms with van der Waals surface area (Å²) in [5, 5.41) is 7.26. The molecule has 0 atom stereocenters. The Morgan fingerprint density at radius 2 is 1.97 bits per heavy atom. The molecule has 1 N–H and O–H groups in total. The molecule has 154 valence electrons. The fourth-order valence-corrected chi connectivity index (χ4v) is 3.15. The SMILES string of the molecule is Cc1ccc2c(n1)c(=O)n(CC(=O)Nc1ccc(F)cn1)c1cc(C(C)(C)C)nn21. The average molecular weight is 408 g/mol. The molecule has 9 heteroatoms. The first-order chi connectivity index (χ1) is 14.1. The Kier molecular flexibility index (Phi) is 4.60. The average Bonchev–Trinajstić information content (AvgIpc) is 3.13. The van der Waals surface area contributed by atoms with Gasteiger partial charge in [-0.15, -0.1) is 0 Å². The summed E-state index contributed by atoms with van der Waals surface area (Å²) >= 11 is 0. The van der Waals surface area contributed by atoms with Crippen LogP contribution in [0.25, 0.3) is 16.7 Å². The number of anilines is 1. The zero-order chi connectivity index (χ0) is 21.6. The summed E-state index contributed by atoms with van der Waals surface area (Å²) in [6, 6.07) is 7.98. The van der Waals surface area contributed by atoms with Gasteiger partial charge in [-0.25, -0.2) is 18.9 Å². The molecule has 0 saturated heterocycles. The molecule has 4 heterocycles. The topological polar surface area (TPSA) is 94.2 Å². The molecular formula is C21H21FN6O2. The fraction of sp³-hybridized carbons (Fsp3) is 0.286. The van der Waals surface area contributed by atoms with Crippen molar-refractivity contribution in [1.29, 1.82) is 0 Å². The lowest BCUT2D eigenvalue weighted by atomic mass is 9.93. The van der Waals surface area contributed by atoms with Crippen molar-refractivity contribution in [1.82, 2.24) is 24.1 Å². The molecule has 0 bridgehead atoms. The molecule has 4 aromatic heterocycles. The van der Waals surface area contributed by atoms with E-state index in [2.05, 4.69) is 20.4 Å². The van der Waals surface area contributed by atoms with Crippen LogP contribution < -0.4 is 10.9 Å². The van der Waals surface area contributed by atoms with Crippen LogP contribution in [0.3, 0.4) is 0 Å². The first kappa shape index (κ1) is 19.7. The Balaban J connectivity index is 1.85. The number of aromatic nitrogens is 5. The molecule has 4 rings (SSSR count). The van der Waals surface area contributed by atoms with E-state index in [9.17, 15) is 14.0 Å². The number of nitrogens with one attached hydrogen (secondary N) is 1. The van der Waals surface area contributed by atoms with Crippen LogP contribution in [0.5, 0.6) is 0 Å². The number of carbonyl (C=O) groups is 1. The van der Waals surface area contributed by atoms with Gasteiger partial charge in [-0.2, -0.15) is 5.10 Å². The molecule has 0 spiro atoms. The van der Waals surface area contributed by atoms with Crippen molar-refractivity contribution in [2.45, 2.75) is 39.7 Å². The Hall–Kier alpha value is -3.62. The van der Waals surface area contributed by atoms with Gasteiger partial charge in [0.1, 0.15) is 23.8 Å². The first-order valence-corrected chi connectivity index (χ1v) is 9.45. The van der Waals surface area contributed by atoms with Crippen LogP contribution in [0.4, 0.5) is 10.2 Å². The molecule has 0 aromatic carbocycles. The first-order valence-electron chi connectivity index (χ1n) is 9.45. The maximum absolute atomic E-state index is 13.2. The summed E-state index contributed by atoms with van der Waals surface area (Å²) in [5.74, 6) is -0.774. The van der Waals surface area contributed by atoms with E-state index in [-0.39, 0.29) is 28.9 Å². The molecular weight excluding hydrogens is 387 g/mol. The van der Waals surface area contributed by atoms with E-state index in [4.69, 9.17) is 0 Å². The van der Waals surface area contributed by atoms with E-state index >= 15 is 0 Å². The molecule has 0 unspecified atom stereocenters. The highest BCUT2D eigenvalue weighted by Crippen LogP contribution is 2.23. The molecule has 0 aliphatic carbocycles. The van der Waals surface area contributed by atoms with Crippen LogP contribution in [0.15, 0.2) is 41.3 Å². The van der Waals surface area contributed by atoms with Crippen molar-refractivity contribution < 1.29 is 9.18 Å². The third-order valence-electron chi connectivity index (χ3n) is 4.72. The number of nitrogens with zero attached hydrogens (tertiary/aromatic N) is 5. The Labute approximate surface area is 171 Å². The van der Waals surface area contributed by atoms with E-state index in [1.54, 1.807) is 17.5 Å². The second kappa shape index (κ2) is 7.01. The number of hydrogen-bond donors (Lipinski definition) is 1. The fourth-order valence-electron chi connectivity index (χ4n) is 3.15. The molecule has 4 aromatic rings. The Morgan fingerprint density at radius 3 is 2.63 bits per heavy atom. The zero-order valence-electron chi connectivity index (χ0n) is 17.1. The van der Waals surface area contributed by atoms with Gasteiger partial charge in [-0.1, -0.05) is 20.8 Å². The highest BCUT2D eigenvalue weighted by atomic mass is 19.1. The third kappa shape index (κ3) is 3.54. The van der Waals surface area contributed by atoms with E-state index in [0.29, 0.717) is 16.9 Å². The van der Waals surface area contributed by atoms with Crippen LogP contribution in [-0.2, 0) is 16.8 Å². The summed E-state index contributed by atoms with van der Waals surface area (Å²) in [7, 11) is 0. The second-order valence-corrected chi connectivity index (χ2v) is 8.17. The standard InChI is InChI=1S/C21H21FN6O2/c1-12-5-7-14-19(24-12)20(30)27(18-9-15(21(2,3)4)26-28(14)18)11-17(29)25-16-8-6-13(22)10-23-16/h5-10H,11H2,1-4H3,(H,23,25,29). The highest BCUT2D eigenvalue weighted by Gasteiger charge is 2.22. The smallest absolute Gasteiger partial charge is 0.280 e. The minimum Gasteiger partial charge on any atom is -0.309 e. The Morgan fingerprint density at radius 1 is 1.20 bits per heavy atom. The van der Waals surface area contributed by atoms with Gasteiger partial charge >= 0.3 is 0 Å². The van der Waals surface area contributed by atoms with Gasteiger partial charge < -0.3 is 5.32 Å². The van der Waals surface area contributed by atoms with E-state index < -0.39 is 11.7 Å². The highest BCUT2D eigenvalue weighted by molar-refractivity contribution is 5.90. The molecule has 0 aliphatic rings. The van der Waals surface area contributed by atoms with E-state index in [0.717, 1.165) is 11.9 Å². The summed E-state index contributed by atoms with van der Waals surface area (Å²) in [6.07, 6.45) is 1.01. The molecule has 30 heavy (non-hydrogen) atoms. The minimum atomic E-state index is -0.504. The summed E-state index contributed by atoms with van der Waals surface area (Å²) in [5.41, 5.74) is 2.14. The van der Waals surface area contributed by atoms with Crippen molar-refractivity contribution in [3.05, 3.63) is 64.1 Å². The van der Waals surface area contributed by atoms with Crippen molar-refractivity contribution in [3.63, 3.8) is 0 Å². The lowest BCUT2D eigenvalue weighted by Crippen LogP contribution is -2.30. The lowest BCUT2D eigenvalue weighted by Gasteiger charge is -2.13. The van der Waals surface area contributed by atoms with Crippen molar-refractivity contribution >= 4 is 28.4 Å². The number of amides is 1. The van der Waals surface area contributed by atoms with Gasteiger partial charge in [0, 0.05) is 17.2 Å². The van der Waals surface area contributed by atoms with E-state index in [1.807, 2.05) is 32.9 Å². The summed E-state index contributed by atoms with van der Waals surface area (Å²) in [6.45, 7) is 7.60. The number of carbonyl (C=O) groups excluding carboxylic acids is 1. The normalized spacial score (nSPS) is 11.9. The summed E-state index contributed by atoms with van der Waals surface area (Å²) < 4.78 is 16.0.